The quantitative estimate of drug-likeness (QED) is 0.191. The minimum atomic E-state index is -1.55. The van der Waals surface area contributed by atoms with Crippen LogP contribution in [-0.4, -0.2) is 56.2 Å². The van der Waals surface area contributed by atoms with E-state index in [0.29, 0.717) is 17.7 Å². The highest BCUT2D eigenvalue weighted by molar-refractivity contribution is 6.09. The van der Waals surface area contributed by atoms with Crippen molar-refractivity contribution in [3.63, 3.8) is 0 Å². The van der Waals surface area contributed by atoms with Crippen molar-refractivity contribution in [2.24, 2.45) is 5.41 Å². The van der Waals surface area contributed by atoms with E-state index in [1.807, 2.05) is 41.3 Å². The molecule has 4 fully saturated rings. The van der Waals surface area contributed by atoms with E-state index in [4.69, 9.17) is 0 Å². The number of hydrogen-bond acceptors (Lipinski definition) is 8. The fraction of sp³-hybridized carbons (Fsp3) is 0.286. The number of nitrogens with zero attached hydrogens (tertiary/aromatic N) is 4. The fourth-order valence-corrected chi connectivity index (χ4v) is 10.1. The first-order chi connectivity index (χ1) is 21.7. The molecule has 2 spiro atoms. The van der Waals surface area contributed by atoms with Crippen LogP contribution in [-0.2, 0) is 16.1 Å². The lowest BCUT2D eigenvalue weighted by Crippen LogP contribution is -2.61. The Morgan fingerprint density at radius 2 is 1.58 bits per heavy atom. The second-order valence-corrected chi connectivity index (χ2v) is 13.0. The number of carbonyl (C=O) groups excluding carboxylic acids is 1. The number of Topliss-reactive ketones (excluding diaryl/α,β-unsaturated/α-hetero) is 1. The predicted octanol–water partition coefficient (Wildman–Crippen LogP) is 5.24. The highest BCUT2D eigenvalue weighted by Gasteiger charge is 2.87. The van der Waals surface area contributed by atoms with Gasteiger partial charge in [0.25, 0.3) is 11.4 Å². The highest BCUT2D eigenvalue weighted by atomic mass is 16.6. The number of benzene rings is 4. The van der Waals surface area contributed by atoms with Gasteiger partial charge in [-0.25, -0.2) is 0 Å². The molecule has 1 N–H and O–H groups in total. The van der Waals surface area contributed by atoms with Gasteiger partial charge in [-0.1, -0.05) is 60.7 Å². The SMILES string of the molecule is O=C1/C(=C/c2cccc([N+](=O)[O-])c2)CN2C[C@@]13[C@@H](c1cccc([N+](=O)[O-])c1)[C@@H]1CCCN1[C@@]31c3cccc4cccc(c34)[C@@]21O. The Morgan fingerprint density at radius 3 is 2.33 bits per heavy atom. The number of fused-ring (bicyclic) bond motifs is 4. The van der Waals surface area contributed by atoms with E-state index in [1.165, 1.54) is 18.2 Å². The number of hydrogen-bond donors (Lipinski definition) is 1. The van der Waals surface area contributed by atoms with Crippen molar-refractivity contribution in [1.82, 2.24) is 9.80 Å². The maximum absolute atomic E-state index is 15.5. The molecule has 5 aliphatic rings. The van der Waals surface area contributed by atoms with Crippen LogP contribution in [0.25, 0.3) is 16.8 Å². The Kier molecular flexibility index (Phi) is 5.14. The Hall–Kier alpha value is -4.77. The van der Waals surface area contributed by atoms with Gasteiger partial charge in [-0.2, -0.15) is 0 Å². The molecule has 4 aromatic rings. The second-order valence-electron chi connectivity index (χ2n) is 13.0. The van der Waals surface area contributed by atoms with Crippen LogP contribution in [0.1, 0.15) is 41.0 Å². The van der Waals surface area contributed by atoms with Gasteiger partial charge in [0, 0.05) is 60.5 Å². The van der Waals surface area contributed by atoms with Gasteiger partial charge in [0.05, 0.1) is 15.3 Å². The monoisotopic (exact) mass is 600 g/mol. The Bertz CT molecular complexity index is 2060. The number of carbonyl (C=O) groups is 1. The van der Waals surface area contributed by atoms with Crippen molar-refractivity contribution >= 4 is 34.0 Å². The smallest absolute Gasteiger partial charge is 0.270 e. The summed E-state index contributed by atoms with van der Waals surface area (Å²) >= 11 is 0. The van der Waals surface area contributed by atoms with Crippen molar-refractivity contribution in [3.8, 4) is 0 Å². The Labute approximate surface area is 257 Å². The summed E-state index contributed by atoms with van der Waals surface area (Å²) in [6.45, 7) is 1.11. The number of ketones is 1. The molecule has 4 heterocycles. The van der Waals surface area contributed by atoms with Gasteiger partial charge in [0.2, 0.25) is 0 Å². The first-order valence-corrected chi connectivity index (χ1v) is 15.2. The molecule has 0 saturated carbocycles. The molecule has 10 nitrogen and oxygen atoms in total. The summed E-state index contributed by atoms with van der Waals surface area (Å²) in [6.07, 6.45) is 3.39. The summed E-state index contributed by atoms with van der Waals surface area (Å²) in [7, 11) is 0. The predicted molar refractivity (Wildman–Crippen MR) is 165 cm³/mol. The molecular weight excluding hydrogens is 572 g/mol. The zero-order valence-electron chi connectivity index (χ0n) is 24.1. The van der Waals surface area contributed by atoms with Crippen LogP contribution in [0.3, 0.4) is 0 Å². The average Bonchev–Trinajstić information content (AvgIpc) is 3.71. The van der Waals surface area contributed by atoms with E-state index in [9.17, 15) is 25.3 Å². The standard InChI is InChI=1S/C35H28N4O6/c40-32-24(16-21-6-1-10-25(17-21)38(42)43)19-36-20-33(32)31(23-9-2-11-26(18-23)39(44)45)29-14-5-15-37(29)34(33)27-12-3-7-22-8-4-13-28(30(22)27)35(34,36)41/h1-4,6-13,16-18,29,31,41H,5,14-15,19-20H2/b24-16+/t29-,31-,33+,34-,35-/m0/s1. The van der Waals surface area contributed by atoms with E-state index in [1.54, 1.807) is 30.3 Å². The summed E-state index contributed by atoms with van der Waals surface area (Å²) < 4.78 is 0. The molecule has 10 heteroatoms. The number of piperidine rings is 1. The summed E-state index contributed by atoms with van der Waals surface area (Å²) in [5.74, 6) is -0.556. The summed E-state index contributed by atoms with van der Waals surface area (Å²) in [5, 5.41) is 39.0. The fourth-order valence-electron chi connectivity index (χ4n) is 10.1. The molecule has 45 heavy (non-hydrogen) atoms. The molecular formula is C35H28N4O6. The van der Waals surface area contributed by atoms with Gasteiger partial charge in [0.1, 0.15) is 5.54 Å². The normalized spacial score (nSPS) is 33.4. The van der Waals surface area contributed by atoms with Crippen molar-refractivity contribution in [2.75, 3.05) is 19.6 Å². The molecule has 6 atom stereocenters. The van der Waals surface area contributed by atoms with Crippen LogP contribution in [0.2, 0.25) is 0 Å². The van der Waals surface area contributed by atoms with Crippen LogP contribution in [0, 0.1) is 25.6 Å². The van der Waals surface area contributed by atoms with E-state index < -0.39 is 32.4 Å². The molecule has 4 saturated heterocycles. The molecule has 224 valence electrons. The molecule has 4 aliphatic heterocycles. The van der Waals surface area contributed by atoms with Gasteiger partial charge in [0.15, 0.2) is 11.5 Å². The minimum absolute atomic E-state index is 0.0352. The first kappa shape index (κ1) is 26.6. The summed E-state index contributed by atoms with van der Waals surface area (Å²) in [4.78, 5) is 42.5. The number of rotatable bonds is 4. The molecule has 9 rings (SSSR count). The van der Waals surface area contributed by atoms with E-state index >= 15 is 4.79 Å². The molecule has 1 unspecified atom stereocenters. The summed E-state index contributed by atoms with van der Waals surface area (Å²) in [5.41, 5.74) is -0.592. The summed E-state index contributed by atoms with van der Waals surface area (Å²) in [6, 6.07) is 24.7. The zero-order valence-corrected chi connectivity index (χ0v) is 24.1. The lowest BCUT2D eigenvalue weighted by molar-refractivity contribution is -0.385. The molecule has 0 aromatic heterocycles. The number of non-ortho nitro benzene ring substituents is 2. The van der Waals surface area contributed by atoms with Gasteiger partial charge in [-0.15, -0.1) is 0 Å². The second kappa shape index (κ2) is 8.69. The van der Waals surface area contributed by atoms with E-state index in [2.05, 4.69) is 11.0 Å². The lowest BCUT2D eigenvalue weighted by atomic mass is 9.56. The highest BCUT2D eigenvalue weighted by Crippen LogP contribution is 2.78. The molecule has 2 bridgehead atoms. The Morgan fingerprint density at radius 1 is 0.889 bits per heavy atom. The van der Waals surface area contributed by atoms with Crippen LogP contribution in [0.5, 0.6) is 0 Å². The zero-order chi connectivity index (χ0) is 30.9. The average molecular weight is 601 g/mol. The van der Waals surface area contributed by atoms with Crippen molar-refractivity contribution in [3.05, 3.63) is 133 Å². The van der Waals surface area contributed by atoms with Crippen LogP contribution in [0.15, 0.2) is 90.5 Å². The van der Waals surface area contributed by atoms with E-state index in [0.717, 1.165) is 40.3 Å². The number of aliphatic hydroxyl groups is 1. The third kappa shape index (κ3) is 2.93. The van der Waals surface area contributed by atoms with Crippen LogP contribution in [0.4, 0.5) is 11.4 Å². The maximum Gasteiger partial charge on any atom is 0.270 e. The van der Waals surface area contributed by atoms with Crippen LogP contribution < -0.4 is 0 Å². The molecule has 0 radical (unpaired) electrons. The largest absolute Gasteiger partial charge is 0.369 e. The van der Waals surface area contributed by atoms with Crippen molar-refractivity contribution < 1.29 is 19.7 Å². The topological polar surface area (TPSA) is 130 Å². The van der Waals surface area contributed by atoms with Gasteiger partial charge in [-0.05, 0) is 52.9 Å². The van der Waals surface area contributed by atoms with Crippen LogP contribution >= 0.6 is 0 Å². The first-order valence-electron chi connectivity index (χ1n) is 15.2. The molecule has 0 amide bonds. The van der Waals surface area contributed by atoms with Gasteiger partial charge >= 0.3 is 0 Å². The van der Waals surface area contributed by atoms with Crippen molar-refractivity contribution in [1.29, 1.82) is 0 Å². The number of nitro groups is 2. The van der Waals surface area contributed by atoms with Gasteiger partial charge < -0.3 is 5.11 Å². The third-order valence-corrected chi connectivity index (χ3v) is 11.3. The lowest BCUT2D eigenvalue weighted by Gasteiger charge is -2.48. The minimum Gasteiger partial charge on any atom is -0.369 e. The third-order valence-electron chi connectivity index (χ3n) is 11.3. The van der Waals surface area contributed by atoms with Gasteiger partial charge in [-0.3, -0.25) is 34.8 Å². The van der Waals surface area contributed by atoms with E-state index in [-0.39, 0.29) is 36.3 Å². The molecule has 4 aromatic carbocycles. The maximum atomic E-state index is 15.5. The molecule has 1 aliphatic carbocycles. The van der Waals surface area contributed by atoms with Crippen molar-refractivity contribution in [2.45, 2.75) is 36.1 Å². The number of nitro benzene ring substituents is 2. The Balaban J connectivity index is 1.37.